The Kier molecular flexibility index (Phi) is 4.59. The maximum absolute atomic E-state index is 6.32. The number of benzene rings is 1. The Hall–Kier alpha value is -2.06. The summed E-state index contributed by atoms with van der Waals surface area (Å²) < 4.78 is 5.22. The predicted octanol–water partition coefficient (Wildman–Crippen LogP) is 5.04. The number of allylic oxidation sites excluding steroid dienone is 5. The van der Waals surface area contributed by atoms with Crippen molar-refractivity contribution in [3.63, 3.8) is 0 Å². The highest BCUT2D eigenvalue weighted by atomic mass is 35.5. The van der Waals surface area contributed by atoms with E-state index < -0.39 is 0 Å². The van der Waals surface area contributed by atoms with E-state index in [-0.39, 0.29) is 0 Å². The van der Waals surface area contributed by atoms with Crippen molar-refractivity contribution >= 4 is 28.1 Å². The molecule has 0 radical (unpaired) electrons. The van der Waals surface area contributed by atoms with Crippen molar-refractivity contribution < 1.29 is 4.74 Å². The van der Waals surface area contributed by atoms with Crippen LogP contribution in [0.5, 0.6) is 5.75 Å². The van der Waals surface area contributed by atoms with Gasteiger partial charge < -0.3 is 4.74 Å². The van der Waals surface area contributed by atoms with Gasteiger partial charge in [-0.2, -0.15) is 0 Å². The van der Waals surface area contributed by atoms with Crippen molar-refractivity contribution in [3.8, 4) is 5.75 Å². The first-order valence-electron chi connectivity index (χ1n) is 6.26. The second-order valence-corrected chi connectivity index (χ2v) is 4.75. The quantitative estimate of drug-likeness (QED) is 0.734. The molecule has 0 atom stereocenters. The van der Waals surface area contributed by atoms with Crippen LogP contribution < -0.4 is 4.74 Å². The van der Waals surface area contributed by atoms with Gasteiger partial charge in [-0.3, -0.25) is 0 Å². The smallest absolute Gasteiger partial charge is 0.121 e. The monoisotopic (exact) mass is 285 g/mol. The lowest BCUT2D eigenvalue weighted by atomic mass is 10.1. The fraction of sp³-hybridized carbons (Fsp3) is 0.118. The molecule has 1 aromatic carbocycles. The molecule has 0 aliphatic rings. The molecular formula is C17H16ClNO. The van der Waals surface area contributed by atoms with E-state index in [0.717, 1.165) is 27.9 Å². The first-order valence-corrected chi connectivity index (χ1v) is 6.64. The van der Waals surface area contributed by atoms with Crippen LogP contribution >= 0.6 is 11.6 Å². The van der Waals surface area contributed by atoms with E-state index in [9.17, 15) is 0 Å². The van der Waals surface area contributed by atoms with Gasteiger partial charge in [-0.05, 0) is 30.7 Å². The molecule has 0 saturated heterocycles. The zero-order chi connectivity index (χ0) is 14.5. The van der Waals surface area contributed by atoms with Crippen LogP contribution in [0.2, 0.25) is 5.02 Å². The van der Waals surface area contributed by atoms with Crippen LogP contribution in [0.3, 0.4) is 0 Å². The van der Waals surface area contributed by atoms with Crippen LogP contribution in [-0.2, 0) is 0 Å². The number of aromatic nitrogens is 1. The molecule has 0 N–H and O–H groups in total. The fourth-order valence-electron chi connectivity index (χ4n) is 1.86. The highest BCUT2D eigenvalue weighted by Gasteiger charge is 2.06. The van der Waals surface area contributed by atoms with Crippen molar-refractivity contribution in [2.24, 2.45) is 0 Å². The summed E-state index contributed by atoms with van der Waals surface area (Å²) in [6, 6.07) is 7.57. The Morgan fingerprint density at radius 3 is 2.80 bits per heavy atom. The second kappa shape index (κ2) is 6.40. The van der Waals surface area contributed by atoms with Gasteiger partial charge in [0.1, 0.15) is 5.75 Å². The van der Waals surface area contributed by atoms with Crippen molar-refractivity contribution in [3.05, 3.63) is 65.9 Å². The molecule has 102 valence electrons. The SMILES string of the molecule is C=C/C=C\C=C(/C)c1cc(Cl)c2ccc(OC)cc2n1. The first kappa shape index (κ1) is 14.4. The lowest BCUT2D eigenvalue weighted by Crippen LogP contribution is -1.90. The molecule has 1 aromatic heterocycles. The Morgan fingerprint density at radius 2 is 2.10 bits per heavy atom. The summed E-state index contributed by atoms with van der Waals surface area (Å²) >= 11 is 6.32. The molecule has 0 spiro atoms. The highest BCUT2D eigenvalue weighted by molar-refractivity contribution is 6.35. The van der Waals surface area contributed by atoms with E-state index in [1.54, 1.807) is 13.2 Å². The molecule has 3 heteroatoms. The Bertz CT molecular complexity index is 701. The molecule has 0 bridgehead atoms. The van der Waals surface area contributed by atoms with E-state index in [1.807, 2.05) is 49.4 Å². The highest BCUT2D eigenvalue weighted by Crippen LogP contribution is 2.28. The number of methoxy groups -OCH3 is 1. The maximum Gasteiger partial charge on any atom is 0.121 e. The van der Waals surface area contributed by atoms with Crippen LogP contribution in [0.15, 0.2) is 55.1 Å². The van der Waals surface area contributed by atoms with Gasteiger partial charge in [-0.15, -0.1) is 0 Å². The third-order valence-corrected chi connectivity index (χ3v) is 3.28. The number of ether oxygens (including phenoxy) is 1. The summed E-state index contributed by atoms with van der Waals surface area (Å²) in [5.41, 5.74) is 2.71. The minimum Gasteiger partial charge on any atom is -0.497 e. The molecule has 0 unspecified atom stereocenters. The Labute approximate surface area is 124 Å². The van der Waals surface area contributed by atoms with Gasteiger partial charge in [0.25, 0.3) is 0 Å². The van der Waals surface area contributed by atoms with Gasteiger partial charge in [0.15, 0.2) is 0 Å². The molecule has 0 aliphatic heterocycles. The first-order chi connectivity index (χ1) is 9.65. The van der Waals surface area contributed by atoms with Crippen LogP contribution in [0.1, 0.15) is 12.6 Å². The van der Waals surface area contributed by atoms with Gasteiger partial charge in [-0.1, -0.05) is 42.5 Å². The maximum atomic E-state index is 6.32. The minimum atomic E-state index is 0.688. The summed E-state index contributed by atoms with van der Waals surface area (Å²) in [6.45, 7) is 5.64. The van der Waals surface area contributed by atoms with Gasteiger partial charge >= 0.3 is 0 Å². The number of hydrogen-bond acceptors (Lipinski definition) is 2. The molecule has 20 heavy (non-hydrogen) atoms. The summed E-state index contributed by atoms with van der Waals surface area (Å²) in [6.07, 6.45) is 7.50. The molecule has 2 rings (SSSR count). The van der Waals surface area contributed by atoms with E-state index in [4.69, 9.17) is 16.3 Å². The molecular weight excluding hydrogens is 270 g/mol. The van der Waals surface area contributed by atoms with Crippen LogP contribution in [0.25, 0.3) is 16.5 Å². The van der Waals surface area contributed by atoms with Gasteiger partial charge in [-0.25, -0.2) is 4.98 Å². The van der Waals surface area contributed by atoms with E-state index in [1.165, 1.54) is 0 Å². The Morgan fingerprint density at radius 1 is 1.30 bits per heavy atom. The Balaban J connectivity index is 2.52. The number of nitrogens with zero attached hydrogens (tertiary/aromatic N) is 1. The fourth-order valence-corrected chi connectivity index (χ4v) is 2.12. The summed E-state index contributed by atoms with van der Waals surface area (Å²) in [5.74, 6) is 0.770. The van der Waals surface area contributed by atoms with E-state index in [2.05, 4.69) is 11.6 Å². The number of halogens is 1. The molecule has 1 heterocycles. The van der Waals surface area contributed by atoms with Gasteiger partial charge in [0.05, 0.1) is 23.3 Å². The average molecular weight is 286 g/mol. The molecule has 2 aromatic rings. The molecule has 0 saturated carbocycles. The van der Waals surface area contributed by atoms with Crippen LogP contribution in [0.4, 0.5) is 0 Å². The predicted molar refractivity (Wildman–Crippen MR) is 86.3 cm³/mol. The number of fused-ring (bicyclic) bond motifs is 1. The third-order valence-electron chi connectivity index (χ3n) is 2.96. The molecule has 0 amide bonds. The van der Waals surface area contributed by atoms with Crippen molar-refractivity contribution in [1.29, 1.82) is 0 Å². The summed E-state index contributed by atoms with van der Waals surface area (Å²) in [5, 5.41) is 1.61. The summed E-state index contributed by atoms with van der Waals surface area (Å²) in [7, 11) is 1.64. The third kappa shape index (κ3) is 3.09. The number of rotatable bonds is 4. The van der Waals surface area contributed by atoms with Crippen LogP contribution in [-0.4, -0.2) is 12.1 Å². The topological polar surface area (TPSA) is 22.1 Å². The van der Waals surface area contributed by atoms with Crippen molar-refractivity contribution in [1.82, 2.24) is 4.98 Å². The largest absolute Gasteiger partial charge is 0.497 e. The summed E-state index contributed by atoms with van der Waals surface area (Å²) in [4.78, 5) is 4.63. The van der Waals surface area contributed by atoms with Crippen LogP contribution in [0, 0.1) is 0 Å². The lowest BCUT2D eigenvalue weighted by molar-refractivity contribution is 0.415. The standard InChI is InChI=1S/C17H16ClNO/c1-4-5-6-7-12(2)16-11-15(18)14-9-8-13(20-3)10-17(14)19-16/h4-11H,1H2,2-3H3/b6-5-,12-7+. The average Bonchev–Trinajstić information content (AvgIpc) is 2.46. The normalized spacial score (nSPS) is 12.1. The molecule has 2 nitrogen and oxygen atoms in total. The molecule has 0 fully saturated rings. The number of pyridine rings is 1. The zero-order valence-electron chi connectivity index (χ0n) is 11.6. The molecule has 0 aliphatic carbocycles. The number of hydrogen-bond donors (Lipinski definition) is 0. The zero-order valence-corrected chi connectivity index (χ0v) is 12.3. The minimum absolute atomic E-state index is 0.688. The second-order valence-electron chi connectivity index (χ2n) is 4.34. The van der Waals surface area contributed by atoms with Crippen molar-refractivity contribution in [2.45, 2.75) is 6.92 Å². The lowest BCUT2D eigenvalue weighted by Gasteiger charge is -2.07. The van der Waals surface area contributed by atoms with Gasteiger partial charge in [0.2, 0.25) is 0 Å². The van der Waals surface area contributed by atoms with E-state index >= 15 is 0 Å². The van der Waals surface area contributed by atoms with Crippen molar-refractivity contribution in [2.75, 3.05) is 7.11 Å². The van der Waals surface area contributed by atoms with Gasteiger partial charge in [0, 0.05) is 11.5 Å². The van der Waals surface area contributed by atoms with E-state index in [0.29, 0.717) is 5.02 Å².